The van der Waals surface area contributed by atoms with E-state index >= 15 is 0 Å². The summed E-state index contributed by atoms with van der Waals surface area (Å²) < 4.78 is 0. The van der Waals surface area contributed by atoms with E-state index in [1.54, 1.807) is 0 Å². The van der Waals surface area contributed by atoms with Gasteiger partial charge in [-0.2, -0.15) is 0 Å². The van der Waals surface area contributed by atoms with E-state index < -0.39 is 0 Å². The van der Waals surface area contributed by atoms with Gasteiger partial charge in [0.15, 0.2) is 0 Å². The van der Waals surface area contributed by atoms with E-state index in [0.717, 1.165) is 10.6 Å². The van der Waals surface area contributed by atoms with Crippen molar-refractivity contribution in [1.82, 2.24) is 5.32 Å². The lowest BCUT2D eigenvalue weighted by atomic mass is 10.1. The number of hydrogen-bond acceptors (Lipinski definition) is 2. The molecular formula is C12H16ClNO. The second-order valence-corrected chi connectivity index (χ2v) is 4.54. The van der Waals surface area contributed by atoms with Crippen LogP contribution in [0.4, 0.5) is 0 Å². The minimum Gasteiger partial charge on any atom is -0.391 e. The third kappa shape index (κ3) is 3.49. The van der Waals surface area contributed by atoms with Crippen molar-refractivity contribution in [2.24, 2.45) is 0 Å². The highest BCUT2D eigenvalue weighted by Gasteiger charge is 2.21. The number of aliphatic hydroxyl groups is 1. The lowest BCUT2D eigenvalue weighted by Crippen LogP contribution is -2.29. The Labute approximate surface area is 95.3 Å². The molecule has 82 valence electrons. The van der Waals surface area contributed by atoms with E-state index in [1.165, 1.54) is 12.8 Å². The highest BCUT2D eigenvalue weighted by Crippen LogP contribution is 2.19. The van der Waals surface area contributed by atoms with Gasteiger partial charge in [0.25, 0.3) is 0 Å². The van der Waals surface area contributed by atoms with Gasteiger partial charge in [-0.1, -0.05) is 29.8 Å². The molecule has 0 saturated heterocycles. The third-order valence-electron chi connectivity index (χ3n) is 2.63. The van der Waals surface area contributed by atoms with Crippen LogP contribution < -0.4 is 5.32 Å². The predicted octanol–water partition coefficient (Wildman–Crippen LogP) is 2.00. The Hall–Kier alpha value is -0.570. The third-order valence-corrected chi connectivity index (χ3v) is 3.00. The molecule has 1 aliphatic rings. The quantitative estimate of drug-likeness (QED) is 0.804. The first-order chi connectivity index (χ1) is 7.25. The SMILES string of the molecule is OC(CNC1CC1)Cc1ccccc1Cl. The summed E-state index contributed by atoms with van der Waals surface area (Å²) in [5.74, 6) is 0. The van der Waals surface area contributed by atoms with E-state index in [4.69, 9.17) is 11.6 Å². The maximum atomic E-state index is 9.78. The standard InChI is InChI=1S/C12H16ClNO/c13-12-4-2-1-3-9(12)7-11(15)8-14-10-5-6-10/h1-4,10-11,14-15H,5-8H2. The molecule has 1 unspecified atom stereocenters. The van der Waals surface area contributed by atoms with Gasteiger partial charge in [0.2, 0.25) is 0 Å². The van der Waals surface area contributed by atoms with Crippen LogP contribution in [0.3, 0.4) is 0 Å². The number of benzene rings is 1. The molecule has 0 spiro atoms. The van der Waals surface area contributed by atoms with Crippen molar-refractivity contribution in [1.29, 1.82) is 0 Å². The Morgan fingerprint density at radius 1 is 1.40 bits per heavy atom. The largest absolute Gasteiger partial charge is 0.391 e. The van der Waals surface area contributed by atoms with Gasteiger partial charge in [-0.05, 0) is 24.5 Å². The lowest BCUT2D eigenvalue weighted by molar-refractivity contribution is 0.171. The second-order valence-electron chi connectivity index (χ2n) is 4.13. The predicted molar refractivity (Wildman–Crippen MR) is 62.2 cm³/mol. The van der Waals surface area contributed by atoms with Gasteiger partial charge in [0.05, 0.1) is 6.10 Å². The fourth-order valence-corrected chi connectivity index (χ4v) is 1.79. The molecule has 0 radical (unpaired) electrons. The van der Waals surface area contributed by atoms with E-state index in [2.05, 4.69) is 5.32 Å². The molecule has 2 rings (SSSR count). The van der Waals surface area contributed by atoms with Gasteiger partial charge in [0, 0.05) is 24.0 Å². The highest BCUT2D eigenvalue weighted by atomic mass is 35.5. The van der Waals surface area contributed by atoms with Crippen LogP contribution in [-0.4, -0.2) is 23.8 Å². The Balaban J connectivity index is 1.81. The highest BCUT2D eigenvalue weighted by molar-refractivity contribution is 6.31. The van der Waals surface area contributed by atoms with E-state index in [0.29, 0.717) is 19.0 Å². The molecule has 2 nitrogen and oxygen atoms in total. The molecule has 0 bridgehead atoms. The van der Waals surface area contributed by atoms with Crippen molar-refractivity contribution in [3.05, 3.63) is 34.9 Å². The molecule has 15 heavy (non-hydrogen) atoms. The Kier molecular flexibility index (Phi) is 3.62. The van der Waals surface area contributed by atoms with Crippen LogP contribution in [-0.2, 0) is 6.42 Å². The van der Waals surface area contributed by atoms with Crippen LogP contribution in [0, 0.1) is 0 Å². The second kappa shape index (κ2) is 4.97. The lowest BCUT2D eigenvalue weighted by Gasteiger charge is -2.12. The van der Waals surface area contributed by atoms with Crippen LogP contribution in [0.5, 0.6) is 0 Å². The zero-order valence-corrected chi connectivity index (χ0v) is 9.37. The molecule has 1 aromatic rings. The maximum absolute atomic E-state index is 9.78. The summed E-state index contributed by atoms with van der Waals surface area (Å²) in [4.78, 5) is 0. The topological polar surface area (TPSA) is 32.3 Å². The minimum absolute atomic E-state index is 0.342. The maximum Gasteiger partial charge on any atom is 0.0705 e. The van der Waals surface area contributed by atoms with E-state index in [1.807, 2.05) is 24.3 Å². The van der Waals surface area contributed by atoms with Crippen molar-refractivity contribution in [3.63, 3.8) is 0 Å². The summed E-state index contributed by atoms with van der Waals surface area (Å²) >= 11 is 6.01. The fourth-order valence-electron chi connectivity index (χ4n) is 1.58. The molecule has 1 fully saturated rings. The molecule has 0 amide bonds. The summed E-state index contributed by atoms with van der Waals surface area (Å²) in [5, 5.41) is 13.8. The molecule has 0 heterocycles. The normalized spacial score (nSPS) is 17.7. The average molecular weight is 226 g/mol. The number of hydrogen-bond donors (Lipinski definition) is 2. The Morgan fingerprint density at radius 3 is 2.80 bits per heavy atom. The molecule has 1 aliphatic carbocycles. The van der Waals surface area contributed by atoms with E-state index in [-0.39, 0.29) is 6.10 Å². The molecular weight excluding hydrogens is 210 g/mol. The average Bonchev–Trinajstić information content (AvgIpc) is 3.02. The van der Waals surface area contributed by atoms with Gasteiger partial charge >= 0.3 is 0 Å². The minimum atomic E-state index is -0.342. The monoisotopic (exact) mass is 225 g/mol. The zero-order valence-electron chi connectivity index (χ0n) is 8.62. The van der Waals surface area contributed by atoms with Crippen molar-refractivity contribution in [3.8, 4) is 0 Å². The first-order valence-electron chi connectivity index (χ1n) is 5.40. The summed E-state index contributed by atoms with van der Waals surface area (Å²) in [6.07, 6.45) is 2.78. The summed E-state index contributed by atoms with van der Waals surface area (Å²) in [5.41, 5.74) is 1.02. The zero-order chi connectivity index (χ0) is 10.7. The molecule has 0 aromatic heterocycles. The Morgan fingerprint density at radius 2 is 2.13 bits per heavy atom. The summed E-state index contributed by atoms with van der Waals surface area (Å²) in [6.45, 7) is 0.663. The van der Waals surface area contributed by atoms with Gasteiger partial charge in [0.1, 0.15) is 0 Å². The van der Waals surface area contributed by atoms with Crippen LogP contribution >= 0.6 is 11.6 Å². The van der Waals surface area contributed by atoms with Gasteiger partial charge in [-0.3, -0.25) is 0 Å². The number of rotatable bonds is 5. The van der Waals surface area contributed by atoms with Gasteiger partial charge in [-0.15, -0.1) is 0 Å². The summed E-state index contributed by atoms with van der Waals surface area (Å²) in [7, 11) is 0. The van der Waals surface area contributed by atoms with Gasteiger partial charge in [-0.25, -0.2) is 0 Å². The van der Waals surface area contributed by atoms with Crippen LogP contribution in [0.2, 0.25) is 5.02 Å². The number of halogens is 1. The first-order valence-corrected chi connectivity index (χ1v) is 5.78. The molecule has 3 heteroatoms. The molecule has 2 N–H and O–H groups in total. The number of aliphatic hydroxyl groups excluding tert-OH is 1. The Bertz CT molecular complexity index is 325. The molecule has 0 aliphatic heterocycles. The van der Waals surface area contributed by atoms with Crippen LogP contribution in [0.15, 0.2) is 24.3 Å². The first kappa shape index (κ1) is 10.9. The van der Waals surface area contributed by atoms with Crippen molar-refractivity contribution < 1.29 is 5.11 Å². The number of nitrogens with one attached hydrogen (secondary N) is 1. The van der Waals surface area contributed by atoms with E-state index in [9.17, 15) is 5.11 Å². The molecule has 1 aromatic carbocycles. The van der Waals surface area contributed by atoms with Crippen LogP contribution in [0.25, 0.3) is 0 Å². The smallest absolute Gasteiger partial charge is 0.0705 e. The van der Waals surface area contributed by atoms with Crippen molar-refractivity contribution in [2.45, 2.75) is 31.4 Å². The molecule has 1 saturated carbocycles. The van der Waals surface area contributed by atoms with Crippen molar-refractivity contribution >= 4 is 11.6 Å². The van der Waals surface area contributed by atoms with Gasteiger partial charge < -0.3 is 10.4 Å². The molecule has 1 atom stereocenters. The summed E-state index contributed by atoms with van der Waals surface area (Å²) in [6, 6.07) is 8.31. The fraction of sp³-hybridized carbons (Fsp3) is 0.500. The van der Waals surface area contributed by atoms with Crippen molar-refractivity contribution in [2.75, 3.05) is 6.54 Å². The van der Waals surface area contributed by atoms with Crippen LogP contribution in [0.1, 0.15) is 18.4 Å².